The van der Waals surface area contributed by atoms with Crippen molar-refractivity contribution < 1.29 is 26.4 Å². The second kappa shape index (κ2) is 8.16. The number of sulfonamides is 1. The van der Waals surface area contributed by atoms with Crippen molar-refractivity contribution in [2.45, 2.75) is 24.4 Å². The fourth-order valence-corrected chi connectivity index (χ4v) is 4.60. The molecule has 1 heterocycles. The van der Waals surface area contributed by atoms with Crippen molar-refractivity contribution in [1.29, 1.82) is 0 Å². The molecule has 5 nitrogen and oxygen atoms in total. The average molecular weight is 426 g/mol. The highest BCUT2D eigenvalue weighted by atomic mass is 32.2. The highest BCUT2D eigenvalue weighted by Gasteiger charge is 2.32. The normalized spacial score (nSPS) is 16.1. The number of benzene rings is 2. The summed E-state index contributed by atoms with van der Waals surface area (Å²) >= 11 is 0. The van der Waals surface area contributed by atoms with Crippen LogP contribution in [0.1, 0.15) is 16.7 Å². The number of hydrogen-bond acceptors (Lipinski definition) is 3. The van der Waals surface area contributed by atoms with Crippen LogP contribution in [0.25, 0.3) is 0 Å². The number of hydrogen-bond donors (Lipinski definition) is 0. The van der Waals surface area contributed by atoms with E-state index in [9.17, 15) is 26.4 Å². The smallest absolute Gasteiger partial charge is 0.340 e. The van der Waals surface area contributed by atoms with E-state index >= 15 is 0 Å². The molecule has 0 aliphatic carbocycles. The Morgan fingerprint density at radius 3 is 2.21 bits per heavy atom. The molecule has 156 valence electrons. The number of amides is 1. The van der Waals surface area contributed by atoms with Crippen LogP contribution in [0.15, 0.2) is 53.4 Å². The second-order valence-electron chi connectivity index (χ2n) is 6.97. The summed E-state index contributed by atoms with van der Waals surface area (Å²) in [4.78, 5) is 14.2. The van der Waals surface area contributed by atoms with Gasteiger partial charge >= 0.3 is 6.18 Å². The monoisotopic (exact) mass is 426 g/mol. The van der Waals surface area contributed by atoms with Gasteiger partial charge in [0.2, 0.25) is 15.9 Å². The summed E-state index contributed by atoms with van der Waals surface area (Å²) in [5.41, 5.74) is 0.435. The number of aryl methyl sites for hydroxylation is 1. The zero-order valence-electron chi connectivity index (χ0n) is 15.8. The second-order valence-corrected chi connectivity index (χ2v) is 8.91. The van der Waals surface area contributed by atoms with E-state index in [0.29, 0.717) is 0 Å². The first-order valence-corrected chi connectivity index (χ1v) is 10.5. The lowest BCUT2D eigenvalue weighted by atomic mass is 10.1. The van der Waals surface area contributed by atoms with Crippen molar-refractivity contribution in [3.63, 3.8) is 0 Å². The minimum absolute atomic E-state index is 0.143. The van der Waals surface area contributed by atoms with Gasteiger partial charge in [0, 0.05) is 26.2 Å². The average Bonchev–Trinajstić information content (AvgIpc) is 2.68. The number of carbonyl (C=O) groups is 1. The lowest BCUT2D eigenvalue weighted by Gasteiger charge is -2.34. The molecule has 1 fully saturated rings. The van der Waals surface area contributed by atoms with Gasteiger partial charge in [-0.15, -0.1) is 0 Å². The van der Waals surface area contributed by atoms with Crippen molar-refractivity contribution in [3.8, 4) is 0 Å². The fraction of sp³-hybridized carbons (Fsp3) is 0.350. The molecule has 29 heavy (non-hydrogen) atoms. The molecule has 0 unspecified atom stereocenters. The zero-order valence-corrected chi connectivity index (χ0v) is 16.6. The quantitative estimate of drug-likeness (QED) is 0.755. The molecule has 1 saturated heterocycles. The summed E-state index contributed by atoms with van der Waals surface area (Å²) in [6, 6.07) is 11.2. The van der Waals surface area contributed by atoms with Crippen LogP contribution in [-0.2, 0) is 27.4 Å². The van der Waals surface area contributed by atoms with Gasteiger partial charge in [0.25, 0.3) is 0 Å². The summed E-state index contributed by atoms with van der Waals surface area (Å²) in [5, 5.41) is 0. The van der Waals surface area contributed by atoms with Gasteiger partial charge in [-0.2, -0.15) is 17.5 Å². The lowest BCUT2D eigenvalue weighted by molar-refractivity contribution is -0.138. The standard InChI is InChI=1S/C20H21F3N2O3S/c1-15-5-7-18(8-6-15)29(27,28)25-11-9-24(10-12-25)19(26)14-16-3-2-4-17(13-16)20(21,22)23/h2-8,13H,9-12,14H2,1H3. The maximum atomic E-state index is 12.8. The third kappa shape index (κ3) is 4.97. The first-order chi connectivity index (χ1) is 13.6. The molecule has 0 atom stereocenters. The van der Waals surface area contributed by atoms with Crippen LogP contribution in [-0.4, -0.2) is 49.7 Å². The van der Waals surface area contributed by atoms with Crippen molar-refractivity contribution in [2.75, 3.05) is 26.2 Å². The Hall–Kier alpha value is -2.39. The summed E-state index contributed by atoms with van der Waals surface area (Å²) in [7, 11) is -3.64. The number of carbonyl (C=O) groups excluding carboxylic acids is 1. The Morgan fingerprint density at radius 2 is 1.62 bits per heavy atom. The Kier molecular flexibility index (Phi) is 6.00. The van der Waals surface area contributed by atoms with Crippen LogP contribution >= 0.6 is 0 Å². The zero-order chi connectivity index (χ0) is 21.2. The molecule has 2 aromatic rings. The molecule has 0 N–H and O–H groups in total. The largest absolute Gasteiger partial charge is 0.416 e. The lowest BCUT2D eigenvalue weighted by Crippen LogP contribution is -2.50. The maximum Gasteiger partial charge on any atom is 0.416 e. The molecule has 9 heteroatoms. The predicted octanol–water partition coefficient (Wildman–Crippen LogP) is 3.09. The van der Waals surface area contributed by atoms with Crippen LogP contribution in [0.3, 0.4) is 0 Å². The van der Waals surface area contributed by atoms with Gasteiger partial charge in [0.05, 0.1) is 16.9 Å². The number of nitrogens with zero attached hydrogens (tertiary/aromatic N) is 2. The number of rotatable bonds is 4. The Bertz CT molecular complexity index is 981. The first-order valence-electron chi connectivity index (χ1n) is 9.08. The van der Waals surface area contributed by atoms with E-state index < -0.39 is 21.8 Å². The number of piperazine rings is 1. The molecule has 1 aliphatic rings. The van der Waals surface area contributed by atoms with Gasteiger partial charge < -0.3 is 4.90 Å². The Balaban J connectivity index is 1.62. The van der Waals surface area contributed by atoms with Crippen LogP contribution in [0.4, 0.5) is 13.2 Å². The van der Waals surface area contributed by atoms with E-state index in [1.165, 1.54) is 21.3 Å². The van der Waals surface area contributed by atoms with Gasteiger partial charge in [-0.05, 0) is 30.7 Å². The third-order valence-electron chi connectivity index (χ3n) is 4.86. The molecule has 0 radical (unpaired) electrons. The molecule has 0 spiro atoms. The Labute approximate surface area is 167 Å². The van der Waals surface area contributed by atoms with Gasteiger partial charge in [0.1, 0.15) is 0 Å². The number of halogens is 3. The van der Waals surface area contributed by atoms with Gasteiger partial charge in [-0.1, -0.05) is 35.9 Å². The molecule has 1 amide bonds. The molecule has 2 aromatic carbocycles. The molecule has 1 aliphatic heterocycles. The van der Waals surface area contributed by atoms with E-state index in [4.69, 9.17) is 0 Å². The first kappa shape index (κ1) is 21.3. The Morgan fingerprint density at radius 1 is 1.00 bits per heavy atom. The minimum Gasteiger partial charge on any atom is -0.340 e. The van der Waals surface area contributed by atoms with Crippen molar-refractivity contribution in [2.24, 2.45) is 0 Å². The molecule has 0 bridgehead atoms. The fourth-order valence-electron chi connectivity index (χ4n) is 3.18. The van der Waals surface area contributed by atoms with Gasteiger partial charge in [-0.3, -0.25) is 4.79 Å². The summed E-state index contributed by atoms with van der Waals surface area (Å²) in [6.45, 7) is 2.55. The predicted molar refractivity (Wildman–Crippen MR) is 102 cm³/mol. The molecular formula is C20H21F3N2O3S. The van der Waals surface area contributed by atoms with E-state index in [1.807, 2.05) is 6.92 Å². The molecule has 0 saturated carbocycles. The van der Waals surface area contributed by atoms with Crippen molar-refractivity contribution in [3.05, 3.63) is 65.2 Å². The van der Waals surface area contributed by atoms with Gasteiger partial charge in [0.15, 0.2) is 0 Å². The summed E-state index contributed by atoms with van der Waals surface area (Å²) in [5.74, 6) is -0.322. The number of alkyl halides is 3. The molecule has 0 aromatic heterocycles. The van der Waals surface area contributed by atoms with Crippen molar-refractivity contribution in [1.82, 2.24) is 9.21 Å². The highest BCUT2D eigenvalue weighted by Crippen LogP contribution is 2.29. The van der Waals surface area contributed by atoms with E-state index in [1.54, 1.807) is 24.3 Å². The van der Waals surface area contributed by atoms with Gasteiger partial charge in [-0.25, -0.2) is 8.42 Å². The highest BCUT2D eigenvalue weighted by molar-refractivity contribution is 7.89. The van der Waals surface area contributed by atoms with Crippen LogP contribution < -0.4 is 0 Å². The van der Waals surface area contributed by atoms with Crippen LogP contribution in [0, 0.1) is 6.92 Å². The van der Waals surface area contributed by atoms with Crippen molar-refractivity contribution >= 4 is 15.9 Å². The molecule has 3 rings (SSSR count). The molecular weight excluding hydrogens is 405 g/mol. The van der Waals surface area contributed by atoms with E-state index in [2.05, 4.69) is 0 Å². The summed E-state index contributed by atoms with van der Waals surface area (Å²) in [6.07, 6.45) is -4.62. The topological polar surface area (TPSA) is 57.7 Å². The van der Waals surface area contributed by atoms with E-state index in [-0.39, 0.29) is 49.0 Å². The van der Waals surface area contributed by atoms with Crippen LogP contribution in [0.5, 0.6) is 0 Å². The van der Waals surface area contributed by atoms with E-state index in [0.717, 1.165) is 17.7 Å². The SMILES string of the molecule is Cc1ccc(S(=O)(=O)N2CCN(C(=O)Cc3cccc(C(F)(F)F)c3)CC2)cc1. The summed E-state index contributed by atoms with van der Waals surface area (Å²) < 4.78 is 65.2. The maximum absolute atomic E-state index is 12.8. The minimum atomic E-state index is -4.46. The van der Waals surface area contributed by atoms with Crippen LogP contribution in [0.2, 0.25) is 0 Å². The third-order valence-corrected chi connectivity index (χ3v) is 6.77.